The van der Waals surface area contributed by atoms with E-state index in [1.165, 1.54) is 11.2 Å². The highest BCUT2D eigenvalue weighted by molar-refractivity contribution is 7.92. The highest BCUT2D eigenvalue weighted by atomic mass is 32.2. The summed E-state index contributed by atoms with van der Waals surface area (Å²) in [4.78, 5) is 39.0. The quantitative estimate of drug-likeness (QED) is 0.283. The maximum absolute atomic E-state index is 12.8. The van der Waals surface area contributed by atoms with Crippen LogP contribution in [0.2, 0.25) is 0 Å². The number of rotatable bonds is 7. The summed E-state index contributed by atoms with van der Waals surface area (Å²) in [5.74, 6) is -0.411. The third kappa shape index (κ3) is 4.23. The Kier molecular flexibility index (Phi) is 6.24. The first-order valence-electron chi connectivity index (χ1n) is 9.87. The molecule has 10 heteroatoms. The lowest BCUT2D eigenvalue weighted by atomic mass is 9.98. The number of nitrogens with one attached hydrogen (secondary N) is 1. The van der Waals surface area contributed by atoms with E-state index in [0.29, 0.717) is 17.1 Å². The van der Waals surface area contributed by atoms with E-state index in [1.807, 2.05) is 0 Å². The van der Waals surface area contributed by atoms with E-state index >= 15 is 0 Å². The van der Waals surface area contributed by atoms with Crippen molar-refractivity contribution in [2.24, 2.45) is 0 Å². The van der Waals surface area contributed by atoms with Crippen molar-refractivity contribution in [3.63, 3.8) is 0 Å². The first-order chi connectivity index (χ1) is 15.4. The lowest BCUT2D eigenvalue weighted by Gasteiger charge is -2.52. The minimum absolute atomic E-state index is 0.00566. The summed E-state index contributed by atoms with van der Waals surface area (Å²) < 4.78 is 28.3. The number of amides is 2. The summed E-state index contributed by atoms with van der Waals surface area (Å²) in [6.45, 7) is 3.84. The van der Waals surface area contributed by atoms with Gasteiger partial charge < -0.3 is 23.8 Å². The molecule has 3 unspecified atom stereocenters. The van der Waals surface area contributed by atoms with Gasteiger partial charge >= 0.3 is 5.97 Å². The lowest BCUT2D eigenvalue weighted by molar-refractivity contribution is -0.164. The molecule has 9 nitrogen and oxygen atoms in total. The van der Waals surface area contributed by atoms with E-state index in [9.17, 15) is 18.9 Å². The molecule has 2 saturated heterocycles. The van der Waals surface area contributed by atoms with Crippen molar-refractivity contribution in [2.75, 3.05) is 12.9 Å². The molecule has 1 N–H and O–H groups in total. The van der Waals surface area contributed by atoms with E-state index in [2.05, 4.69) is 11.9 Å². The molecule has 4 atom stereocenters. The zero-order valence-corrected chi connectivity index (χ0v) is 18.1. The largest absolute Gasteiger partial charge is 0.614 e. The molecule has 3 heterocycles. The zero-order chi connectivity index (χ0) is 22.8. The van der Waals surface area contributed by atoms with Crippen LogP contribution >= 0.6 is 0 Å². The van der Waals surface area contributed by atoms with Gasteiger partial charge in [0.1, 0.15) is 23.9 Å². The van der Waals surface area contributed by atoms with E-state index in [-0.39, 0.29) is 18.8 Å². The Labute approximate surface area is 187 Å². The van der Waals surface area contributed by atoms with E-state index in [0.717, 1.165) is 5.56 Å². The first kappa shape index (κ1) is 22.0. The van der Waals surface area contributed by atoms with Crippen LogP contribution in [0.4, 0.5) is 0 Å². The number of fused-ring (bicyclic) bond motifs is 1. The summed E-state index contributed by atoms with van der Waals surface area (Å²) in [5.41, 5.74) is 1.09. The molecular weight excluding hydrogens is 436 g/mol. The summed E-state index contributed by atoms with van der Waals surface area (Å²) >= 11 is -1.50. The number of hydrogen-bond acceptors (Lipinski definition) is 7. The smallest absolute Gasteiger partial charge is 0.333 e. The van der Waals surface area contributed by atoms with Crippen LogP contribution in [0.25, 0.3) is 0 Å². The third-order valence-electron chi connectivity index (χ3n) is 5.34. The predicted octanol–water partition coefficient (Wildman–Crippen LogP) is 0.914. The molecule has 2 amide bonds. The molecule has 168 valence electrons. The predicted molar refractivity (Wildman–Crippen MR) is 114 cm³/mol. The van der Waals surface area contributed by atoms with Crippen molar-refractivity contribution in [3.05, 3.63) is 66.1 Å². The number of benzene rings is 1. The normalized spacial score (nSPS) is 24.4. The van der Waals surface area contributed by atoms with Gasteiger partial charge in [-0.05, 0) is 41.0 Å². The molecule has 0 saturated carbocycles. The number of hydrogen-bond donors (Lipinski definition) is 1. The standard InChI is InChI=1S/C22H22N2O7S/c1-13-12-32(28)21-18(23-17(25)10-16-4-3-9-30-16)20(26)24(21)19(13)22(27)31-11-14-5-7-15(29-2)8-6-14/h3-9,18-19,21H,1,10-12H2,2H3,(H,23,25)/t18?,19?,21-,32?/m0/s1. The lowest BCUT2D eigenvalue weighted by Crippen LogP contribution is -2.78. The summed E-state index contributed by atoms with van der Waals surface area (Å²) in [6.07, 6.45) is 1.40. The van der Waals surface area contributed by atoms with Crippen molar-refractivity contribution in [1.82, 2.24) is 10.2 Å². The van der Waals surface area contributed by atoms with Crippen LogP contribution in [0.1, 0.15) is 11.3 Å². The summed E-state index contributed by atoms with van der Waals surface area (Å²) in [5, 5.41) is 1.79. The van der Waals surface area contributed by atoms with Gasteiger partial charge in [0.15, 0.2) is 12.1 Å². The topological polar surface area (TPSA) is 121 Å². The van der Waals surface area contributed by atoms with E-state index in [1.54, 1.807) is 43.5 Å². The minimum Gasteiger partial charge on any atom is -0.614 e. The molecule has 1 aromatic heterocycles. The van der Waals surface area contributed by atoms with Gasteiger partial charge in [0.2, 0.25) is 11.3 Å². The zero-order valence-electron chi connectivity index (χ0n) is 17.3. The number of furan rings is 1. The van der Waals surface area contributed by atoms with Gasteiger partial charge in [-0.25, -0.2) is 4.79 Å². The summed E-state index contributed by atoms with van der Waals surface area (Å²) in [6, 6.07) is 8.31. The number of β-lactam (4-membered cyclic amide) rings is 1. The minimum atomic E-state index is -1.50. The maximum atomic E-state index is 12.8. The molecule has 0 spiro atoms. The van der Waals surface area contributed by atoms with Gasteiger partial charge in [0.05, 0.1) is 19.8 Å². The number of methoxy groups -OCH3 is 1. The van der Waals surface area contributed by atoms with Crippen LogP contribution in [0, 0.1) is 0 Å². The summed E-state index contributed by atoms with van der Waals surface area (Å²) in [7, 11) is 1.56. The Bertz CT molecular complexity index is 1020. The highest BCUT2D eigenvalue weighted by Crippen LogP contribution is 2.36. The van der Waals surface area contributed by atoms with E-state index in [4.69, 9.17) is 13.9 Å². The van der Waals surface area contributed by atoms with Gasteiger partial charge in [-0.15, -0.1) is 0 Å². The van der Waals surface area contributed by atoms with Crippen LogP contribution in [-0.2, 0) is 43.3 Å². The molecule has 2 aromatic rings. The number of carbonyl (C=O) groups is 3. The Balaban J connectivity index is 1.40. The SMILES string of the molecule is C=C1C[S+]([O-])[C@H]2C(NC(=O)Cc3ccco3)C(=O)N2C1C(=O)OCc1ccc(OC)cc1. The molecule has 1 aromatic carbocycles. The fourth-order valence-electron chi connectivity index (χ4n) is 3.75. The number of ether oxygens (including phenoxy) is 2. The fourth-order valence-corrected chi connectivity index (χ4v) is 5.41. The van der Waals surface area contributed by atoms with Crippen LogP contribution in [0.3, 0.4) is 0 Å². The third-order valence-corrected chi connectivity index (χ3v) is 7.03. The second-order valence-electron chi connectivity index (χ2n) is 7.48. The second kappa shape index (κ2) is 9.09. The highest BCUT2D eigenvalue weighted by Gasteiger charge is 2.63. The molecule has 0 aliphatic carbocycles. The monoisotopic (exact) mass is 458 g/mol. The van der Waals surface area contributed by atoms with Crippen LogP contribution < -0.4 is 10.1 Å². The van der Waals surface area contributed by atoms with Crippen LogP contribution in [-0.4, -0.2) is 57.6 Å². The van der Waals surface area contributed by atoms with Crippen molar-refractivity contribution in [2.45, 2.75) is 30.5 Å². The number of carbonyl (C=O) groups excluding carboxylic acids is 3. The molecular formula is C22H22N2O7S. The Morgan fingerprint density at radius 2 is 2.06 bits per heavy atom. The molecule has 2 fully saturated rings. The average molecular weight is 458 g/mol. The number of esters is 1. The molecule has 2 aliphatic heterocycles. The van der Waals surface area contributed by atoms with Crippen molar-refractivity contribution in [1.29, 1.82) is 0 Å². The van der Waals surface area contributed by atoms with Gasteiger partial charge in [-0.2, -0.15) is 0 Å². The maximum Gasteiger partial charge on any atom is 0.333 e. The number of nitrogens with zero attached hydrogens (tertiary/aromatic N) is 1. The van der Waals surface area contributed by atoms with E-state index < -0.39 is 46.4 Å². The van der Waals surface area contributed by atoms with Crippen LogP contribution in [0.5, 0.6) is 5.75 Å². The Morgan fingerprint density at radius 3 is 2.72 bits per heavy atom. The molecule has 2 aliphatic rings. The average Bonchev–Trinajstić information content (AvgIpc) is 3.29. The van der Waals surface area contributed by atoms with Gasteiger partial charge in [-0.3, -0.25) is 14.5 Å². The molecule has 0 radical (unpaired) electrons. The Morgan fingerprint density at radius 1 is 1.31 bits per heavy atom. The fraction of sp³-hybridized carbons (Fsp3) is 0.318. The van der Waals surface area contributed by atoms with Gasteiger partial charge in [-0.1, -0.05) is 18.7 Å². The molecule has 4 rings (SSSR count). The van der Waals surface area contributed by atoms with Gasteiger partial charge in [0.25, 0.3) is 5.91 Å². The first-order valence-corrected chi connectivity index (χ1v) is 11.3. The van der Waals surface area contributed by atoms with Gasteiger partial charge in [0, 0.05) is 5.57 Å². The second-order valence-corrected chi connectivity index (χ2v) is 9.01. The van der Waals surface area contributed by atoms with Crippen LogP contribution in [0.15, 0.2) is 59.2 Å². The Hall–Kier alpha value is -3.24. The van der Waals surface area contributed by atoms with Crippen molar-refractivity contribution in [3.8, 4) is 5.75 Å². The molecule has 0 bridgehead atoms. The van der Waals surface area contributed by atoms with Crippen molar-refractivity contribution < 1.29 is 32.8 Å². The molecule has 32 heavy (non-hydrogen) atoms. The van der Waals surface area contributed by atoms with Crippen molar-refractivity contribution >= 4 is 29.0 Å².